The third kappa shape index (κ3) is 5.13. The third-order valence-corrected chi connectivity index (χ3v) is 8.34. The van der Waals surface area contributed by atoms with Crippen LogP contribution in [-0.4, -0.2) is 17.1 Å². The number of hydrogen-bond acceptors (Lipinski definition) is 4. The summed E-state index contributed by atoms with van der Waals surface area (Å²) < 4.78 is 0. The van der Waals surface area contributed by atoms with Crippen molar-refractivity contribution in [2.45, 2.75) is 26.9 Å². The highest BCUT2D eigenvalue weighted by molar-refractivity contribution is 8.00. The number of amides is 2. The number of carbonyl (C=O) groups excluding carboxylic acids is 2. The van der Waals surface area contributed by atoms with Crippen molar-refractivity contribution in [1.82, 2.24) is 0 Å². The number of para-hydroxylation sites is 2. The van der Waals surface area contributed by atoms with E-state index in [0.29, 0.717) is 16.3 Å². The normalized spacial score (nSPS) is 12.9. The van der Waals surface area contributed by atoms with Gasteiger partial charge < -0.3 is 5.32 Å². The second-order valence-electron chi connectivity index (χ2n) is 8.08. The van der Waals surface area contributed by atoms with Crippen molar-refractivity contribution in [3.05, 3.63) is 107 Å². The maximum Gasteiger partial charge on any atom is 0.257 e. The summed E-state index contributed by atoms with van der Waals surface area (Å²) in [4.78, 5) is 31.2. The smallest absolute Gasteiger partial charge is 0.257 e. The lowest BCUT2D eigenvalue weighted by Gasteiger charge is -2.32. The first kappa shape index (κ1) is 24.8. The van der Waals surface area contributed by atoms with Crippen molar-refractivity contribution < 1.29 is 9.59 Å². The predicted octanol–water partition coefficient (Wildman–Crippen LogP) is 8.56. The molecule has 5 rings (SSSR count). The van der Waals surface area contributed by atoms with Gasteiger partial charge in [0.05, 0.1) is 27.2 Å². The maximum atomic E-state index is 13.7. The molecule has 0 radical (unpaired) electrons. The SMILES string of the molecule is CC(Sc1cccc(NC(=O)c2ccc(Cl)cc2Cl)c1)C(=O)N1c2ccccc2Sc2ccccc21. The molecule has 0 saturated carbocycles. The molecule has 1 N–H and O–H groups in total. The standard InChI is InChI=1S/C28H20Cl2N2O2S2/c1-17(28(34)32-23-9-2-4-11-25(23)36-26-12-5-3-10-24(26)32)35-20-8-6-7-19(16-20)31-27(33)21-14-13-18(29)15-22(21)30/h2-17H,1H3,(H,31,33). The predicted molar refractivity (Wildman–Crippen MR) is 150 cm³/mol. The van der Waals surface area contributed by atoms with E-state index in [1.165, 1.54) is 17.8 Å². The number of nitrogens with one attached hydrogen (secondary N) is 1. The Bertz CT molecular complexity index is 1430. The quantitative estimate of drug-likeness (QED) is 0.253. The molecule has 36 heavy (non-hydrogen) atoms. The van der Waals surface area contributed by atoms with Crippen molar-refractivity contribution >= 4 is 75.6 Å². The zero-order chi connectivity index (χ0) is 25.2. The lowest BCUT2D eigenvalue weighted by atomic mass is 10.2. The summed E-state index contributed by atoms with van der Waals surface area (Å²) in [5, 5.41) is 3.25. The average Bonchev–Trinajstić information content (AvgIpc) is 2.87. The molecular weight excluding hydrogens is 531 g/mol. The lowest BCUT2D eigenvalue weighted by Crippen LogP contribution is -2.34. The minimum absolute atomic E-state index is 0.0115. The fraction of sp³-hybridized carbons (Fsp3) is 0.0714. The van der Waals surface area contributed by atoms with Crippen molar-refractivity contribution in [3.63, 3.8) is 0 Å². The van der Waals surface area contributed by atoms with E-state index in [-0.39, 0.29) is 22.1 Å². The molecular formula is C28H20Cl2N2O2S2. The number of thioether (sulfide) groups is 1. The van der Waals surface area contributed by atoms with Gasteiger partial charge in [-0.25, -0.2) is 0 Å². The van der Waals surface area contributed by atoms with E-state index in [9.17, 15) is 9.59 Å². The average molecular weight is 552 g/mol. The molecule has 0 saturated heterocycles. The molecule has 1 aliphatic rings. The van der Waals surface area contributed by atoms with Crippen molar-refractivity contribution in [2.24, 2.45) is 0 Å². The number of carbonyl (C=O) groups is 2. The molecule has 4 nitrogen and oxygen atoms in total. The molecule has 1 heterocycles. The summed E-state index contributed by atoms with van der Waals surface area (Å²) in [7, 11) is 0. The first-order chi connectivity index (χ1) is 17.4. The molecule has 1 atom stereocenters. The van der Waals surface area contributed by atoms with Gasteiger partial charge in [-0.3, -0.25) is 14.5 Å². The van der Waals surface area contributed by atoms with Gasteiger partial charge in [-0.05, 0) is 67.6 Å². The highest BCUT2D eigenvalue weighted by atomic mass is 35.5. The Labute approximate surface area is 228 Å². The van der Waals surface area contributed by atoms with Crippen LogP contribution in [-0.2, 0) is 4.79 Å². The van der Waals surface area contributed by atoms with Gasteiger partial charge in [-0.2, -0.15) is 0 Å². The number of hydrogen-bond donors (Lipinski definition) is 1. The summed E-state index contributed by atoms with van der Waals surface area (Å²) in [5.41, 5.74) is 2.72. The van der Waals surface area contributed by atoms with Gasteiger partial charge in [0.1, 0.15) is 0 Å². The number of benzene rings is 4. The Balaban J connectivity index is 1.35. The van der Waals surface area contributed by atoms with Crippen molar-refractivity contribution in [3.8, 4) is 0 Å². The number of halogens is 2. The van der Waals surface area contributed by atoms with Crippen molar-refractivity contribution in [2.75, 3.05) is 10.2 Å². The Morgan fingerprint density at radius 2 is 1.53 bits per heavy atom. The van der Waals surface area contributed by atoms with Gasteiger partial charge >= 0.3 is 0 Å². The van der Waals surface area contributed by atoms with Crippen LogP contribution < -0.4 is 10.2 Å². The molecule has 0 aliphatic carbocycles. The lowest BCUT2D eigenvalue weighted by molar-refractivity contribution is -0.117. The Hall–Kier alpha value is -2.90. The van der Waals surface area contributed by atoms with E-state index in [1.807, 2.05) is 78.6 Å². The maximum absolute atomic E-state index is 13.7. The van der Waals surface area contributed by atoms with E-state index in [0.717, 1.165) is 26.1 Å². The molecule has 1 aliphatic heterocycles. The second kappa shape index (κ2) is 10.6. The number of nitrogens with zero attached hydrogens (tertiary/aromatic N) is 1. The van der Waals surface area contributed by atoms with Crippen LogP contribution in [0, 0.1) is 0 Å². The van der Waals surface area contributed by atoms with E-state index in [1.54, 1.807) is 30.0 Å². The molecule has 0 aromatic heterocycles. The Morgan fingerprint density at radius 1 is 0.861 bits per heavy atom. The van der Waals surface area contributed by atoms with E-state index < -0.39 is 0 Å². The summed E-state index contributed by atoms with van der Waals surface area (Å²) >= 11 is 15.2. The summed E-state index contributed by atoms with van der Waals surface area (Å²) in [6.07, 6.45) is 0. The zero-order valence-corrected chi connectivity index (χ0v) is 22.2. The molecule has 1 unspecified atom stereocenters. The number of rotatable bonds is 5. The van der Waals surface area contributed by atoms with Crippen molar-refractivity contribution in [1.29, 1.82) is 0 Å². The molecule has 8 heteroatoms. The van der Waals surface area contributed by atoms with Crippen LogP contribution in [0.4, 0.5) is 17.1 Å². The fourth-order valence-corrected chi connectivity index (χ4v) is 6.42. The van der Waals surface area contributed by atoms with E-state index >= 15 is 0 Å². The number of fused-ring (bicyclic) bond motifs is 2. The molecule has 0 fully saturated rings. The van der Waals surface area contributed by atoms with Gasteiger partial charge in [0.2, 0.25) is 5.91 Å². The summed E-state index contributed by atoms with van der Waals surface area (Å²) in [6.45, 7) is 1.90. The summed E-state index contributed by atoms with van der Waals surface area (Å²) in [6, 6.07) is 28.1. The van der Waals surface area contributed by atoms with Crippen LogP contribution in [0.1, 0.15) is 17.3 Å². The first-order valence-corrected chi connectivity index (χ1v) is 13.6. The molecule has 4 aromatic carbocycles. The Kier molecular flexibility index (Phi) is 7.30. The molecule has 4 aromatic rings. The monoisotopic (exact) mass is 550 g/mol. The minimum Gasteiger partial charge on any atom is -0.322 e. The topological polar surface area (TPSA) is 49.4 Å². The summed E-state index contributed by atoms with van der Waals surface area (Å²) in [5.74, 6) is -0.343. The second-order valence-corrected chi connectivity index (χ2v) is 11.4. The van der Waals surface area contributed by atoms with Crippen LogP contribution in [0.25, 0.3) is 0 Å². The van der Waals surface area contributed by atoms with Gasteiger partial charge in [0.25, 0.3) is 5.91 Å². The third-order valence-electron chi connectivity index (χ3n) is 5.58. The van der Waals surface area contributed by atoms with Gasteiger partial charge in [-0.15, -0.1) is 11.8 Å². The molecule has 0 spiro atoms. The van der Waals surface area contributed by atoms with Crippen LogP contribution in [0.2, 0.25) is 10.0 Å². The van der Waals surface area contributed by atoms with E-state index in [4.69, 9.17) is 23.2 Å². The van der Waals surface area contributed by atoms with Crippen LogP contribution in [0.15, 0.2) is 106 Å². The molecule has 180 valence electrons. The molecule has 2 amide bonds. The largest absolute Gasteiger partial charge is 0.322 e. The number of anilines is 3. The molecule has 0 bridgehead atoms. The van der Waals surface area contributed by atoms with Gasteiger partial charge in [0.15, 0.2) is 0 Å². The van der Waals surface area contributed by atoms with Crippen LogP contribution >= 0.6 is 46.7 Å². The van der Waals surface area contributed by atoms with Crippen LogP contribution in [0.5, 0.6) is 0 Å². The fourth-order valence-electron chi connectivity index (χ4n) is 3.90. The zero-order valence-electron chi connectivity index (χ0n) is 19.1. The first-order valence-electron chi connectivity index (χ1n) is 11.1. The van der Waals surface area contributed by atoms with Crippen LogP contribution in [0.3, 0.4) is 0 Å². The highest BCUT2D eigenvalue weighted by Gasteiger charge is 2.31. The highest BCUT2D eigenvalue weighted by Crippen LogP contribution is 2.48. The van der Waals surface area contributed by atoms with E-state index in [2.05, 4.69) is 5.32 Å². The Morgan fingerprint density at radius 3 is 2.19 bits per heavy atom. The van der Waals surface area contributed by atoms with Gasteiger partial charge in [-0.1, -0.05) is 65.3 Å². The van der Waals surface area contributed by atoms with Gasteiger partial charge in [0, 0.05) is 25.4 Å². The minimum atomic E-state index is -0.370.